The molecule has 26 N–H and O–H groups in total. The zero-order valence-corrected chi connectivity index (χ0v) is 51.2. The minimum absolute atomic E-state index is 0.0203. The van der Waals surface area contributed by atoms with Crippen molar-refractivity contribution in [3.8, 4) is 11.5 Å². The van der Waals surface area contributed by atoms with Crippen LogP contribution in [-0.4, -0.2) is 195 Å². The summed E-state index contributed by atoms with van der Waals surface area (Å²) in [7, 11) is 0. The van der Waals surface area contributed by atoms with Gasteiger partial charge in [0.2, 0.25) is 65.0 Å². The fourth-order valence-electron chi connectivity index (χ4n) is 9.37. The molecule has 1 fully saturated rings. The molecule has 3 rings (SSSR count). The van der Waals surface area contributed by atoms with Crippen molar-refractivity contribution in [2.75, 3.05) is 26.2 Å². The highest BCUT2D eigenvalue weighted by Crippen LogP contribution is 2.21. The number of aliphatic hydroxyl groups excluding tert-OH is 1. The fraction of sp³-hybridized carbons (Fsp3) is 0.544. The summed E-state index contributed by atoms with van der Waals surface area (Å²) in [5.74, 6) is -14.1. The van der Waals surface area contributed by atoms with Crippen LogP contribution in [0.15, 0.2) is 58.5 Å². The Balaban J connectivity index is 1.96. The van der Waals surface area contributed by atoms with Gasteiger partial charge in [-0.15, -0.1) is 0 Å². The number of aromatic hydroxyl groups is 2. The summed E-state index contributed by atoms with van der Waals surface area (Å²) >= 11 is 0. The lowest BCUT2D eigenvalue weighted by atomic mass is 10.00. The van der Waals surface area contributed by atoms with Crippen LogP contribution < -0.4 is 82.7 Å². The van der Waals surface area contributed by atoms with Crippen LogP contribution in [-0.2, 0) is 70.4 Å². The van der Waals surface area contributed by atoms with Crippen LogP contribution in [0.25, 0.3) is 0 Å². The lowest BCUT2D eigenvalue weighted by Crippen LogP contribution is -2.61. The minimum atomic E-state index is -2.08. The number of phenols is 2. The molecule has 0 bridgehead atoms. The van der Waals surface area contributed by atoms with Gasteiger partial charge in [0, 0.05) is 32.5 Å². The Bertz CT molecular complexity index is 2920. The molecule has 0 radical (unpaired) electrons. The quantitative estimate of drug-likeness (QED) is 0.0169. The first kappa shape index (κ1) is 75.4. The molecule has 0 saturated carbocycles. The first-order chi connectivity index (χ1) is 42.8. The molecule has 11 amide bonds. The summed E-state index contributed by atoms with van der Waals surface area (Å²) in [5.41, 5.74) is 40.0. The van der Waals surface area contributed by atoms with Crippen LogP contribution >= 0.6 is 0 Å². The molecule has 0 aliphatic carbocycles. The van der Waals surface area contributed by atoms with Crippen LogP contribution in [0.5, 0.6) is 11.5 Å². The van der Waals surface area contributed by atoms with E-state index in [-0.39, 0.29) is 106 Å². The van der Waals surface area contributed by atoms with Gasteiger partial charge in [0.15, 0.2) is 11.9 Å². The van der Waals surface area contributed by atoms with Crippen molar-refractivity contribution in [1.82, 2.24) is 47.4 Å². The monoisotopic (exact) mass is 1280 g/mol. The van der Waals surface area contributed by atoms with Crippen LogP contribution in [0.1, 0.15) is 96.6 Å². The minimum Gasteiger partial charge on any atom is -0.508 e. The number of rotatable bonds is 38. The molecule has 34 nitrogen and oxygen atoms in total. The second-order valence-corrected chi connectivity index (χ2v) is 22.6. The summed E-state index contributed by atoms with van der Waals surface area (Å²) in [6, 6.07) is -4.25. The van der Waals surface area contributed by atoms with Gasteiger partial charge in [-0.1, -0.05) is 52.0 Å². The number of hydrogen-bond acceptors (Lipinski definition) is 18. The number of aliphatic hydroxyl groups is 1. The Labute approximate surface area is 524 Å². The third-order valence-electron chi connectivity index (χ3n) is 14.2. The third kappa shape index (κ3) is 26.4. The number of phenolic OH excluding ortho intramolecular Hbond substituents is 2. The third-order valence-corrected chi connectivity index (χ3v) is 14.2. The van der Waals surface area contributed by atoms with Gasteiger partial charge in [-0.2, -0.15) is 0 Å². The number of carboxylic acids is 1. The van der Waals surface area contributed by atoms with E-state index in [9.17, 15) is 78.0 Å². The van der Waals surface area contributed by atoms with E-state index in [0.29, 0.717) is 17.5 Å². The van der Waals surface area contributed by atoms with E-state index in [0.717, 1.165) is 4.90 Å². The summed E-state index contributed by atoms with van der Waals surface area (Å²) in [4.78, 5) is 172. The Morgan fingerprint density at radius 2 is 0.945 bits per heavy atom. The molecule has 2 aromatic rings. The van der Waals surface area contributed by atoms with Crippen LogP contribution in [0.4, 0.5) is 0 Å². The number of hydrogen-bond donors (Lipinski definition) is 19. The maximum Gasteiger partial charge on any atom is 0.305 e. The molecule has 1 saturated heterocycles. The second-order valence-electron chi connectivity index (χ2n) is 22.6. The lowest BCUT2D eigenvalue weighted by Gasteiger charge is -2.30. The number of amides is 11. The number of nitrogens with one attached hydrogen (secondary N) is 8. The topological polar surface area (TPSA) is 592 Å². The number of aliphatic carboxylic acids is 1. The molecule has 502 valence electrons. The number of carboxylic acid groups (broad SMARTS) is 1. The summed E-state index contributed by atoms with van der Waals surface area (Å²) < 4.78 is 0. The van der Waals surface area contributed by atoms with E-state index in [1.54, 1.807) is 27.7 Å². The molecule has 91 heavy (non-hydrogen) atoms. The standard InChI is InChI=1S/C57H88N18O16/c1-28(2)22-36(46(60)82)69-53(89)42-10-7-21-75(42)55(91)40(25-43(58)79)73-48(84)35(9-6-20-66-57(63)64)68-52(88)41(27-76)74-51(87)39(26-44(80)81)71-47(83)34(8-5-19-65-56(61)62)67-49(85)37(23-30-11-15-32(77)16-12-30)70-50(86)38(72-54(90)45(59)29(3)4)24-31-13-17-33(78)18-14-31/h11-18,28-29,34-42,45,76-78H,5-10,19-27,59H2,1-4H3,(H2,58,79)(H2,60,82)(H,67,85)(H,68,88)(H,69,89)(H,70,86)(H,71,83)(H,72,90)(H,73,84)(H,74,87)(H,80,81)(H4,61,62,65)(H4,63,64,66)/t34-,35-,36-,37-,38-,39-,40-,41-,42-,45-/m0/s1. The van der Waals surface area contributed by atoms with Crippen molar-refractivity contribution < 1.29 is 78.0 Å². The number of guanidine groups is 2. The van der Waals surface area contributed by atoms with Crippen molar-refractivity contribution in [2.24, 2.45) is 62.0 Å². The normalized spacial score (nSPS) is 15.7. The van der Waals surface area contributed by atoms with E-state index >= 15 is 0 Å². The maximum atomic E-state index is 14.5. The van der Waals surface area contributed by atoms with E-state index in [1.165, 1.54) is 48.5 Å². The van der Waals surface area contributed by atoms with Crippen molar-refractivity contribution >= 4 is 82.9 Å². The molecule has 1 heterocycles. The highest BCUT2D eigenvalue weighted by molar-refractivity contribution is 6.00. The van der Waals surface area contributed by atoms with Crippen LogP contribution in [0.3, 0.4) is 0 Å². The molecule has 0 spiro atoms. The Morgan fingerprint density at radius 3 is 1.36 bits per heavy atom. The van der Waals surface area contributed by atoms with E-state index in [1.807, 2.05) is 0 Å². The van der Waals surface area contributed by atoms with Crippen molar-refractivity contribution in [3.05, 3.63) is 59.7 Å². The molecule has 1 aliphatic rings. The van der Waals surface area contributed by atoms with E-state index in [4.69, 9.17) is 40.1 Å². The highest BCUT2D eigenvalue weighted by atomic mass is 16.4. The molecular weight excluding hydrogens is 1190 g/mol. The van der Waals surface area contributed by atoms with Crippen LogP contribution in [0, 0.1) is 11.8 Å². The molecule has 34 heteroatoms. The van der Waals surface area contributed by atoms with E-state index in [2.05, 4.69) is 52.5 Å². The summed E-state index contributed by atoms with van der Waals surface area (Å²) in [5, 5.41) is 59.8. The molecule has 2 aromatic carbocycles. The number of nitrogens with two attached hydrogens (primary N) is 7. The van der Waals surface area contributed by atoms with Gasteiger partial charge >= 0.3 is 5.97 Å². The maximum absolute atomic E-state index is 14.5. The largest absolute Gasteiger partial charge is 0.508 e. The average molecular weight is 1280 g/mol. The second kappa shape index (κ2) is 37.2. The smallest absolute Gasteiger partial charge is 0.305 e. The fourth-order valence-corrected chi connectivity index (χ4v) is 9.37. The van der Waals surface area contributed by atoms with Gasteiger partial charge in [-0.25, -0.2) is 0 Å². The summed E-state index contributed by atoms with van der Waals surface area (Å²) in [6.07, 6.45) is -2.53. The molecule has 0 aromatic heterocycles. The van der Waals surface area contributed by atoms with Crippen molar-refractivity contribution in [3.63, 3.8) is 0 Å². The zero-order valence-electron chi connectivity index (χ0n) is 51.2. The molecule has 10 atom stereocenters. The van der Waals surface area contributed by atoms with Gasteiger partial charge in [-0.05, 0) is 92.2 Å². The number of likely N-dealkylation sites (tertiary alicyclic amines) is 1. The Morgan fingerprint density at radius 1 is 0.538 bits per heavy atom. The SMILES string of the molecule is CC(C)C[C@H](NC(=O)[C@@H]1CCCN1C(=O)[C@H](CC(N)=O)NC(=O)[C@H](CCCN=C(N)N)NC(=O)[C@H](CO)NC(=O)[C@H](CC(=O)O)NC(=O)[C@H](CCCN=C(N)N)NC(=O)[C@H](Cc1ccc(O)cc1)NC(=O)[C@H](Cc1ccc(O)cc1)NC(=O)[C@@H](N)C(C)C)C(N)=O. The average Bonchev–Trinajstić information content (AvgIpc) is 1.84. The first-order valence-electron chi connectivity index (χ1n) is 29.4. The first-order valence-corrected chi connectivity index (χ1v) is 29.4. The number of nitrogens with zero attached hydrogens (tertiary/aromatic N) is 3. The Hall–Kier alpha value is -9.86. The number of primary amides is 2. The summed E-state index contributed by atoms with van der Waals surface area (Å²) in [6.45, 7) is 5.49. The number of carbonyl (C=O) groups is 12. The van der Waals surface area contributed by atoms with Gasteiger partial charge in [0.05, 0.1) is 25.5 Å². The zero-order chi connectivity index (χ0) is 68.2. The predicted molar refractivity (Wildman–Crippen MR) is 328 cm³/mol. The van der Waals surface area contributed by atoms with Gasteiger partial charge in [-0.3, -0.25) is 67.5 Å². The Kier molecular flexibility index (Phi) is 30.8. The number of carbonyl (C=O) groups excluding carboxylic acids is 11. The predicted octanol–water partition coefficient (Wildman–Crippen LogP) is -6.28. The van der Waals surface area contributed by atoms with Crippen molar-refractivity contribution in [2.45, 2.75) is 159 Å². The van der Waals surface area contributed by atoms with Crippen LogP contribution in [0.2, 0.25) is 0 Å². The molecule has 1 aliphatic heterocycles. The lowest BCUT2D eigenvalue weighted by molar-refractivity contribution is -0.143. The van der Waals surface area contributed by atoms with Crippen molar-refractivity contribution in [1.29, 1.82) is 0 Å². The molecule has 0 unspecified atom stereocenters. The van der Waals surface area contributed by atoms with Gasteiger partial charge in [0.25, 0.3) is 0 Å². The van der Waals surface area contributed by atoms with Gasteiger partial charge < -0.3 is 108 Å². The highest BCUT2D eigenvalue weighted by Gasteiger charge is 2.41. The molecular formula is C57H88N18O16. The number of aliphatic imine (C=N–C) groups is 2. The van der Waals surface area contributed by atoms with E-state index < -0.39 is 151 Å². The number of benzene rings is 2. The van der Waals surface area contributed by atoms with Gasteiger partial charge in [0.1, 0.15) is 65.9 Å².